The van der Waals surface area contributed by atoms with Gasteiger partial charge in [-0.05, 0) is 0 Å². The number of hydrogen-bond donors (Lipinski definition) is 2. The molecule has 9 heteroatoms. The smallest absolute Gasteiger partial charge is 0.395 e. The normalized spacial score (nSPS) is 11.6. The van der Waals surface area contributed by atoms with Gasteiger partial charge in [0.1, 0.15) is 5.82 Å². The summed E-state index contributed by atoms with van der Waals surface area (Å²) in [4.78, 5) is 8.34. The second kappa shape index (κ2) is 6.53. The zero-order valence-electron chi connectivity index (χ0n) is 10.3. The van der Waals surface area contributed by atoms with Crippen LogP contribution in [0.1, 0.15) is 5.69 Å². The zero-order valence-corrected chi connectivity index (χ0v) is 10.3. The average Bonchev–Trinajstić information content (AvgIpc) is 2.32. The van der Waals surface area contributed by atoms with Gasteiger partial charge in [0.25, 0.3) is 0 Å². The van der Waals surface area contributed by atoms with E-state index in [4.69, 9.17) is 15.6 Å². The Morgan fingerprint density at radius 3 is 2.58 bits per heavy atom. The molecule has 0 fully saturated rings. The summed E-state index contributed by atoms with van der Waals surface area (Å²) >= 11 is 0. The minimum Gasteiger partial charge on any atom is -0.395 e. The molecule has 0 radical (unpaired) electrons. The maximum atomic E-state index is 12.6. The molecule has 1 rings (SSSR count). The summed E-state index contributed by atoms with van der Waals surface area (Å²) in [5, 5.41) is 8.92. The molecule has 0 aliphatic rings. The largest absolute Gasteiger partial charge is 0.433 e. The number of ether oxygens (including phenoxy) is 1. The second-order valence-corrected chi connectivity index (χ2v) is 3.67. The highest BCUT2D eigenvalue weighted by Crippen LogP contribution is 2.30. The Morgan fingerprint density at radius 1 is 1.37 bits per heavy atom. The van der Waals surface area contributed by atoms with Crippen LogP contribution in [0.4, 0.5) is 24.9 Å². The quantitative estimate of drug-likeness (QED) is 0.790. The summed E-state index contributed by atoms with van der Waals surface area (Å²) in [7, 11) is 1.46. The summed E-state index contributed by atoms with van der Waals surface area (Å²) in [6, 6.07) is 0.793. The van der Waals surface area contributed by atoms with Gasteiger partial charge in [-0.25, -0.2) is 4.98 Å². The molecule has 0 aliphatic carbocycles. The standard InChI is InChI=1S/C10H15F3N4O2/c1-19-5-3-17(2-4-18)8-6-7(10(11,12)13)15-9(14)16-8/h6,18H,2-5H2,1H3,(H2,14,15,16). The highest BCUT2D eigenvalue weighted by Gasteiger charge is 2.34. The SMILES string of the molecule is COCCN(CCO)c1cc(C(F)(F)F)nc(N)n1. The van der Waals surface area contributed by atoms with Crippen LogP contribution in [0.5, 0.6) is 0 Å². The molecular weight excluding hydrogens is 265 g/mol. The molecule has 1 heterocycles. The third-order valence-corrected chi connectivity index (χ3v) is 2.28. The first-order chi connectivity index (χ1) is 8.88. The van der Waals surface area contributed by atoms with Gasteiger partial charge in [0, 0.05) is 26.3 Å². The van der Waals surface area contributed by atoms with Crippen molar-refractivity contribution in [2.45, 2.75) is 6.18 Å². The van der Waals surface area contributed by atoms with E-state index in [9.17, 15) is 13.2 Å². The van der Waals surface area contributed by atoms with E-state index in [0.29, 0.717) is 0 Å². The number of rotatable bonds is 6. The number of alkyl halides is 3. The minimum atomic E-state index is -4.60. The lowest BCUT2D eigenvalue weighted by Gasteiger charge is -2.23. The Kier molecular flexibility index (Phi) is 5.31. The maximum Gasteiger partial charge on any atom is 0.433 e. The number of aromatic nitrogens is 2. The molecule has 0 aromatic carbocycles. The topological polar surface area (TPSA) is 84.5 Å². The lowest BCUT2D eigenvalue weighted by atomic mass is 10.3. The van der Waals surface area contributed by atoms with E-state index in [1.165, 1.54) is 12.0 Å². The van der Waals surface area contributed by atoms with Gasteiger partial charge in [0.2, 0.25) is 5.95 Å². The van der Waals surface area contributed by atoms with Crippen LogP contribution in [-0.2, 0) is 10.9 Å². The fourth-order valence-corrected chi connectivity index (χ4v) is 1.42. The van der Waals surface area contributed by atoms with Crippen molar-refractivity contribution in [3.63, 3.8) is 0 Å². The van der Waals surface area contributed by atoms with Crippen molar-refractivity contribution in [3.05, 3.63) is 11.8 Å². The minimum absolute atomic E-state index is 0.00549. The molecule has 0 saturated heterocycles. The van der Waals surface area contributed by atoms with Crippen LogP contribution in [0.15, 0.2) is 6.07 Å². The van der Waals surface area contributed by atoms with Crippen molar-refractivity contribution < 1.29 is 23.0 Å². The molecular formula is C10H15F3N4O2. The molecule has 19 heavy (non-hydrogen) atoms. The molecule has 0 bridgehead atoms. The number of nitrogens with zero attached hydrogens (tertiary/aromatic N) is 3. The van der Waals surface area contributed by atoms with Crippen molar-refractivity contribution in [1.82, 2.24) is 9.97 Å². The first kappa shape index (κ1) is 15.4. The summed E-state index contributed by atoms with van der Waals surface area (Å²) in [5.74, 6) is -0.462. The van der Waals surface area contributed by atoms with Gasteiger partial charge in [0.15, 0.2) is 5.69 Å². The van der Waals surface area contributed by atoms with Gasteiger partial charge < -0.3 is 20.5 Å². The predicted octanol–water partition coefficient (Wildman–Crippen LogP) is 0.523. The highest BCUT2D eigenvalue weighted by molar-refractivity contribution is 5.44. The van der Waals surface area contributed by atoms with Crippen molar-refractivity contribution in [2.75, 3.05) is 44.0 Å². The average molecular weight is 280 g/mol. The van der Waals surface area contributed by atoms with E-state index in [-0.39, 0.29) is 32.1 Å². The van der Waals surface area contributed by atoms with E-state index >= 15 is 0 Å². The Hall–Kier alpha value is -1.61. The molecule has 0 spiro atoms. The van der Waals surface area contributed by atoms with Gasteiger partial charge in [-0.15, -0.1) is 0 Å². The Morgan fingerprint density at radius 2 is 2.05 bits per heavy atom. The van der Waals surface area contributed by atoms with Crippen LogP contribution in [0.2, 0.25) is 0 Å². The number of anilines is 2. The van der Waals surface area contributed by atoms with Gasteiger partial charge >= 0.3 is 6.18 Å². The summed E-state index contributed by atoms with van der Waals surface area (Å²) in [6.45, 7) is 0.460. The molecule has 6 nitrogen and oxygen atoms in total. The van der Waals surface area contributed by atoms with E-state index in [2.05, 4.69) is 9.97 Å². The third-order valence-electron chi connectivity index (χ3n) is 2.28. The molecule has 0 aliphatic heterocycles. The molecule has 1 aromatic rings. The van der Waals surface area contributed by atoms with E-state index in [1.807, 2.05) is 0 Å². The van der Waals surface area contributed by atoms with Crippen molar-refractivity contribution in [2.24, 2.45) is 0 Å². The number of halogens is 3. The number of aliphatic hydroxyl groups excluding tert-OH is 1. The Balaban J connectivity index is 3.05. The van der Waals surface area contributed by atoms with Gasteiger partial charge in [-0.3, -0.25) is 0 Å². The first-order valence-electron chi connectivity index (χ1n) is 5.45. The summed E-state index contributed by atoms with van der Waals surface area (Å²) in [6.07, 6.45) is -4.60. The van der Waals surface area contributed by atoms with E-state index in [1.54, 1.807) is 0 Å². The van der Waals surface area contributed by atoms with Crippen LogP contribution >= 0.6 is 0 Å². The number of hydrogen-bond acceptors (Lipinski definition) is 6. The summed E-state index contributed by atoms with van der Waals surface area (Å²) in [5.41, 5.74) is 4.16. The summed E-state index contributed by atoms with van der Waals surface area (Å²) < 4.78 is 42.7. The molecule has 1 aromatic heterocycles. The monoisotopic (exact) mass is 280 g/mol. The highest BCUT2D eigenvalue weighted by atomic mass is 19.4. The van der Waals surface area contributed by atoms with Crippen LogP contribution in [-0.4, -0.2) is 48.5 Å². The van der Waals surface area contributed by atoms with Crippen LogP contribution in [0.3, 0.4) is 0 Å². The molecule has 0 amide bonds. The van der Waals surface area contributed by atoms with Crippen molar-refractivity contribution in [3.8, 4) is 0 Å². The molecule has 0 atom stereocenters. The van der Waals surface area contributed by atoms with Gasteiger partial charge in [-0.2, -0.15) is 18.2 Å². The zero-order chi connectivity index (χ0) is 14.5. The number of methoxy groups -OCH3 is 1. The lowest BCUT2D eigenvalue weighted by molar-refractivity contribution is -0.141. The van der Waals surface area contributed by atoms with Crippen LogP contribution in [0, 0.1) is 0 Å². The van der Waals surface area contributed by atoms with Gasteiger partial charge in [-0.1, -0.05) is 0 Å². The maximum absolute atomic E-state index is 12.6. The fourth-order valence-electron chi connectivity index (χ4n) is 1.42. The predicted molar refractivity (Wildman–Crippen MR) is 62.6 cm³/mol. The molecule has 0 unspecified atom stereocenters. The van der Waals surface area contributed by atoms with Crippen molar-refractivity contribution in [1.29, 1.82) is 0 Å². The van der Waals surface area contributed by atoms with Gasteiger partial charge in [0.05, 0.1) is 13.2 Å². The first-order valence-corrected chi connectivity index (χ1v) is 5.45. The molecule has 108 valence electrons. The Labute approximate surface area is 108 Å². The third kappa shape index (κ3) is 4.52. The van der Waals surface area contributed by atoms with Crippen LogP contribution < -0.4 is 10.6 Å². The lowest BCUT2D eigenvalue weighted by Crippen LogP contribution is -2.31. The van der Waals surface area contributed by atoms with E-state index < -0.39 is 17.8 Å². The number of aliphatic hydroxyl groups is 1. The Bertz CT molecular complexity index is 414. The van der Waals surface area contributed by atoms with Crippen LogP contribution in [0.25, 0.3) is 0 Å². The second-order valence-electron chi connectivity index (χ2n) is 3.67. The molecule has 3 N–H and O–H groups in total. The fraction of sp³-hybridized carbons (Fsp3) is 0.600. The number of nitrogen functional groups attached to an aromatic ring is 1. The van der Waals surface area contributed by atoms with E-state index in [0.717, 1.165) is 6.07 Å². The van der Waals surface area contributed by atoms with Crippen molar-refractivity contribution >= 4 is 11.8 Å². The molecule has 0 saturated carbocycles. The number of nitrogens with two attached hydrogens (primary N) is 1.